The SMILES string of the molecule is CO[C@@H]1C[C@@H]2CC(O[Si](C)(C)C(C)(C)C)CC[C@]2(C)[C@H]2CC[C@]3(C)[C@@H]([C@H](C)CCC(=O)O)CC[C@H]3[C@H]12. The first-order valence-electron chi connectivity index (χ1n) is 15.1. The highest BCUT2D eigenvalue weighted by Crippen LogP contribution is 2.69. The number of hydrogen-bond donors (Lipinski definition) is 1. The average Bonchev–Trinajstić information content (AvgIpc) is 3.13. The Bertz CT molecular complexity index is 805. The van der Waals surface area contributed by atoms with Gasteiger partial charge in [-0.15, -0.1) is 0 Å². The van der Waals surface area contributed by atoms with Gasteiger partial charge < -0.3 is 14.3 Å². The zero-order valence-electron chi connectivity index (χ0n) is 24.9. The van der Waals surface area contributed by atoms with Gasteiger partial charge in [-0.05, 0) is 122 Å². The monoisotopic (exact) mass is 520 g/mol. The molecule has 10 atom stereocenters. The number of carboxylic acids is 1. The first-order valence-corrected chi connectivity index (χ1v) is 18.0. The highest BCUT2D eigenvalue weighted by Gasteiger charge is 2.63. The third-order valence-electron chi connectivity index (χ3n) is 12.8. The van der Waals surface area contributed by atoms with E-state index in [1.165, 1.54) is 51.4 Å². The van der Waals surface area contributed by atoms with Gasteiger partial charge in [0.1, 0.15) is 0 Å². The fourth-order valence-electron chi connectivity index (χ4n) is 9.64. The minimum Gasteiger partial charge on any atom is -0.481 e. The molecule has 0 aliphatic heterocycles. The smallest absolute Gasteiger partial charge is 0.303 e. The van der Waals surface area contributed by atoms with Gasteiger partial charge in [0.15, 0.2) is 8.32 Å². The van der Waals surface area contributed by atoms with Gasteiger partial charge in [0, 0.05) is 19.6 Å². The lowest BCUT2D eigenvalue weighted by Crippen LogP contribution is -2.59. The number of aliphatic carboxylic acids is 1. The van der Waals surface area contributed by atoms with Gasteiger partial charge in [0.05, 0.1) is 6.10 Å². The van der Waals surface area contributed by atoms with Crippen molar-refractivity contribution in [2.75, 3.05) is 7.11 Å². The number of rotatable bonds is 7. The maximum absolute atomic E-state index is 11.2. The van der Waals surface area contributed by atoms with E-state index < -0.39 is 14.3 Å². The molecule has 4 aliphatic rings. The Morgan fingerprint density at radius 1 is 1.03 bits per heavy atom. The van der Waals surface area contributed by atoms with Gasteiger partial charge >= 0.3 is 5.97 Å². The molecule has 208 valence electrons. The molecule has 0 saturated heterocycles. The third kappa shape index (κ3) is 4.88. The number of hydrogen-bond acceptors (Lipinski definition) is 3. The minimum absolute atomic E-state index is 0.259. The van der Waals surface area contributed by atoms with Crippen LogP contribution in [0.5, 0.6) is 0 Å². The standard InChI is InChI=1S/C31H56O4Si/c1-20(10-13-27(32)33)23-11-12-24-28-25(15-17-31(23,24)6)30(5)16-14-22(18-21(30)19-26(28)34-7)35-36(8,9)29(2,3)4/h20-26,28H,10-19H2,1-9H3,(H,32,33)/t20-,21+,22?,23-,24+,25+,26-,28+,30+,31-/m1/s1. The predicted molar refractivity (Wildman–Crippen MR) is 150 cm³/mol. The van der Waals surface area contributed by atoms with Crippen LogP contribution in [0.4, 0.5) is 0 Å². The summed E-state index contributed by atoms with van der Waals surface area (Å²) >= 11 is 0. The molecule has 4 nitrogen and oxygen atoms in total. The molecule has 1 N–H and O–H groups in total. The van der Waals surface area contributed by atoms with Crippen LogP contribution < -0.4 is 0 Å². The van der Waals surface area contributed by atoms with E-state index in [1.807, 2.05) is 7.11 Å². The molecule has 0 aromatic rings. The molecular weight excluding hydrogens is 464 g/mol. The lowest BCUT2D eigenvalue weighted by atomic mass is 9.43. The maximum atomic E-state index is 11.2. The summed E-state index contributed by atoms with van der Waals surface area (Å²) in [5.74, 6) is 3.32. The van der Waals surface area contributed by atoms with Crippen LogP contribution in [-0.4, -0.2) is 38.7 Å². The molecule has 0 amide bonds. The van der Waals surface area contributed by atoms with Crippen LogP contribution in [-0.2, 0) is 14.0 Å². The van der Waals surface area contributed by atoms with Crippen molar-refractivity contribution in [3.05, 3.63) is 0 Å². The number of carboxylic acid groups (broad SMARTS) is 1. The second kappa shape index (κ2) is 9.97. The van der Waals surface area contributed by atoms with Crippen molar-refractivity contribution in [3.8, 4) is 0 Å². The Morgan fingerprint density at radius 3 is 2.28 bits per heavy atom. The van der Waals surface area contributed by atoms with Crippen LogP contribution in [0.3, 0.4) is 0 Å². The molecule has 36 heavy (non-hydrogen) atoms. The Kier molecular flexibility index (Phi) is 7.93. The lowest BCUT2D eigenvalue weighted by molar-refractivity contribution is -0.181. The molecule has 0 spiro atoms. The molecule has 4 fully saturated rings. The van der Waals surface area contributed by atoms with E-state index in [0.29, 0.717) is 53.1 Å². The number of ether oxygens (including phenoxy) is 1. The van der Waals surface area contributed by atoms with Gasteiger partial charge in [0.2, 0.25) is 0 Å². The summed E-state index contributed by atoms with van der Waals surface area (Å²) in [6, 6.07) is 0. The molecule has 5 heteroatoms. The molecule has 0 aromatic heterocycles. The maximum Gasteiger partial charge on any atom is 0.303 e. The first-order chi connectivity index (χ1) is 16.6. The fraction of sp³-hybridized carbons (Fsp3) is 0.968. The van der Waals surface area contributed by atoms with E-state index in [-0.39, 0.29) is 5.04 Å². The zero-order chi connectivity index (χ0) is 26.7. The number of methoxy groups -OCH3 is 1. The summed E-state index contributed by atoms with van der Waals surface area (Å²) in [4.78, 5) is 11.2. The molecule has 4 saturated carbocycles. The van der Waals surface area contributed by atoms with Gasteiger partial charge in [-0.3, -0.25) is 4.79 Å². The van der Waals surface area contributed by atoms with Crippen LogP contribution in [0, 0.1) is 46.3 Å². The van der Waals surface area contributed by atoms with Crippen molar-refractivity contribution in [2.24, 2.45) is 46.3 Å². The topological polar surface area (TPSA) is 55.8 Å². The summed E-state index contributed by atoms with van der Waals surface area (Å²) in [6.07, 6.45) is 12.0. The van der Waals surface area contributed by atoms with Crippen LogP contribution in [0.15, 0.2) is 0 Å². The summed E-state index contributed by atoms with van der Waals surface area (Å²) in [5, 5.41) is 9.52. The Labute approximate surface area is 222 Å². The second-order valence-corrected chi connectivity index (χ2v) is 20.2. The fourth-order valence-corrected chi connectivity index (χ4v) is 11.0. The van der Waals surface area contributed by atoms with E-state index in [0.717, 1.165) is 18.3 Å². The van der Waals surface area contributed by atoms with Crippen molar-refractivity contribution in [1.82, 2.24) is 0 Å². The molecule has 0 bridgehead atoms. The quantitative estimate of drug-likeness (QED) is 0.344. The highest BCUT2D eigenvalue weighted by atomic mass is 28.4. The molecule has 4 rings (SSSR count). The lowest BCUT2D eigenvalue weighted by Gasteiger charge is -2.63. The average molecular weight is 521 g/mol. The normalized spacial score (nSPS) is 43.9. The second-order valence-electron chi connectivity index (χ2n) is 15.4. The van der Waals surface area contributed by atoms with Gasteiger partial charge in [-0.25, -0.2) is 0 Å². The summed E-state index contributed by atoms with van der Waals surface area (Å²) in [6.45, 7) is 19.4. The third-order valence-corrected chi connectivity index (χ3v) is 17.3. The zero-order valence-corrected chi connectivity index (χ0v) is 25.9. The number of carbonyl (C=O) groups is 1. The summed E-state index contributed by atoms with van der Waals surface area (Å²) in [5.41, 5.74) is 0.739. The van der Waals surface area contributed by atoms with E-state index in [2.05, 4.69) is 54.6 Å². The molecule has 0 aromatic carbocycles. The van der Waals surface area contributed by atoms with Crippen LogP contribution in [0.1, 0.15) is 106 Å². The molecule has 4 aliphatic carbocycles. The van der Waals surface area contributed by atoms with Crippen molar-refractivity contribution in [1.29, 1.82) is 0 Å². The van der Waals surface area contributed by atoms with E-state index in [9.17, 15) is 9.90 Å². The minimum atomic E-state index is -1.76. The highest BCUT2D eigenvalue weighted by molar-refractivity contribution is 6.74. The van der Waals surface area contributed by atoms with Crippen LogP contribution in [0.2, 0.25) is 18.1 Å². The summed E-state index contributed by atoms with van der Waals surface area (Å²) in [7, 11) is 0.202. The van der Waals surface area contributed by atoms with Crippen molar-refractivity contribution < 1.29 is 19.1 Å². The Hall–Kier alpha value is -0.393. The predicted octanol–water partition coefficient (Wildman–Crippen LogP) is 8.16. The van der Waals surface area contributed by atoms with Gasteiger partial charge in [-0.1, -0.05) is 41.5 Å². The Balaban J connectivity index is 1.52. The van der Waals surface area contributed by atoms with Crippen LogP contribution in [0.25, 0.3) is 0 Å². The summed E-state index contributed by atoms with van der Waals surface area (Å²) < 4.78 is 13.3. The van der Waals surface area contributed by atoms with Gasteiger partial charge in [0.25, 0.3) is 0 Å². The molecule has 0 heterocycles. The molecule has 1 unspecified atom stereocenters. The van der Waals surface area contributed by atoms with Crippen molar-refractivity contribution in [3.63, 3.8) is 0 Å². The Morgan fingerprint density at radius 2 is 1.67 bits per heavy atom. The molecular formula is C31H56O4Si. The van der Waals surface area contributed by atoms with E-state index in [1.54, 1.807) is 0 Å². The van der Waals surface area contributed by atoms with Crippen molar-refractivity contribution in [2.45, 2.75) is 136 Å². The van der Waals surface area contributed by atoms with Gasteiger partial charge in [-0.2, -0.15) is 0 Å². The van der Waals surface area contributed by atoms with Crippen LogP contribution >= 0.6 is 0 Å². The molecule has 0 radical (unpaired) electrons. The largest absolute Gasteiger partial charge is 0.481 e. The van der Waals surface area contributed by atoms with E-state index in [4.69, 9.17) is 9.16 Å². The van der Waals surface area contributed by atoms with Crippen molar-refractivity contribution >= 4 is 14.3 Å². The first kappa shape index (κ1) is 28.6. The van der Waals surface area contributed by atoms with E-state index >= 15 is 0 Å². The number of fused-ring (bicyclic) bond motifs is 5.